The van der Waals surface area contributed by atoms with Gasteiger partial charge in [-0.25, -0.2) is 9.97 Å². The van der Waals surface area contributed by atoms with E-state index in [-0.39, 0.29) is 0 Å². The Hall–Kier alpha value is -1.27. The van der Waals surface area contributed by atoms with Gasteiger partial charge in [-0.05, 0) is 18.9 Å². The van der Waals surface area contributed by atoms with Crippen LogP contribution in [0.3, 0.4) is 0 Å². The Morgan fingerprint density at radius 3 is 3.06 bits per heavy atom. The Kier molecular flexibility index (Phi) is 2.68. The van der Waals surface area contributed by atoms with Crippen molar-refractivity contribution in [1.29, 1.82) is 0 Å². The molecule has 2 heterocycles. The lowest BCUT2D eigenvalue weighted by atomic mass is 9.86. The molecule has 1 saturated carbocycles. The molecule has 1 aliphatic rings. The molecule has 0 spiro atoms. The van der Waals surface area contributed by atoms with E-state index >= 15 is 0 Å². The smallest absolute Gasteiger partial charge is 0.142 e. The molecule has 0 amide bonds. The van der Waals surface area contributed by atoms with Crippen molar-refractivity contribution in [3.63, 3.8) is 0 Å². The minimum Gasteiger partial charge on any atom is -0.356 e. The van der Waals surface area contributed by atoms with Crippen molar-refractivity contribution >= 4 is 29.7 Å². The fourth-order valence-corrected chi connectivity index (χ4v) is 2.53. The van der Waals surface area contributed by atoms with Crippen molar-refractivity contribution in [2.75, 3.05) is 11.9 Å². The van der Waals surface area contributed by atoms with E-state index in [4.69, 9.17) is 0 Å². The maximum Gasteiger partial charge on any atom is 0.142 e. The quantitative estimate of drug-likeness (QED) is 0.719. The Morgan fingerprint density at radius 1 is 1.47 bits per heavy atom. The van der Waals surface area contributed by atoms with Gasteiger partial charge in [-0.1, -0.05) is 12.8 Å². The molecule has 0 aromatic carbocycles. The highest BCUT2D eigenvalue weighted by Crippen LogP contribution is 2.30. The predicted octanol–water partition coefficient (Wildman–Crippen LogP) is 1.36. The van der Waals surface area contributed by atoms with Crippen molar-refractivity contribution in [2.24, 2.45) is 0 Å². The highest BCUT2D eigenvalue weighted by molar-refractivity contribution is 7.78. The van der Waals surface area contributed by atoms with E-state index in [2.05, 4.69) is 44.4 Å². The molecule has 2 N–H and O–H groups in total. The highest BCUT2D eigenvalue weighted by Gasteiger charge is 2.32. The molecule has 5 nitrogen and oxygen atoms in total. The van der Waals surface area contributed by atoms with Crippen LogP contribution in [0, 0.1) is 0 Å². The Morgan fingerprint density at radius 2 is 2.29 bits per heavy atom. The van der Waals surface area contributed by atoms with Crippen molar-refractivity contribution < 1.29 is 0 Å². The Labute approximate surface area is 105 Å². The molecule has 0 unspecified atom stereocenters. The monoisotopic (exact) mass is 249 g/mol. The van der Waals surface area contributed by atoms with Gasteiger partial charge >= 0.3 is 0 Å². The van der Waals surface area contributed by atoms with Crippen LogP contribution in [0.25, 0.3) is 11.0 Å². The first-order chi connectivity index (χ1) is 8.29. The van der Waals surface area contributed by atoms with Crippen LogP contribution in [0.4, 0.5) is 5.82 Å². The van der Waals surface area contributed by atoms with Gasteiger partial charge in [0.15, 0.2) is 0 Å². The van der Waals surface area contributed by atoms with Gasteiger partial charge < -0.3 is 9.88 Å². The summed E-state index contributed by atoms with van der Waals surface area (Å²) in [4.78, 5) is 13.9. The average Bonchev–Trinajstić information content (AvgIpc) is 2.74. The van der Waals surface area contributed by atoms with E-state index in [0.717, 1.165) is 29.7 Å². The number of fused-ring (bicyclic) bond motifs is 1. The summed E-state index contributed by atoms with van der Waals surface area (Å²) in [6.45, 7) is 0. The number of nitrogens with zero attached hydrogens (tertiary/aromatic N) is 3. The lowest BCUT2D eigenvalue weighted by Crippen LogP contribution is -2.49. The van der Waals surface area contributed by atoms with E-state index in [1.54, 1.807) is 6.33 Å². The van der Waals surface area contributed by atoms with E-state index in [9.17, 15) is 0 Å². The topological polar surface area (TPSA) is 56.8 Å². The lowest BCUT2D eigenvalue weighted by Gasteiger charge is -2.41. The summed E-state index contributed by atoms with van der Waals surface area (Å²) >= 11 is 4.09. The molecule has 0 saturated heterocycles. The summed E-state index contributed by atoms with van der Waals surface area (Å²) in [5.74, 6) is 0.999. The summed E-state index contributed by atoms with van der Waals surface area (Å²) in [5, 5.41) is 1.08. The maximum absolute atomic E-state index is 4.39. The molecule has 17 heavy (non-hydrogen) atoms. The third kappa shape index (κ3) is 1.77. The number of nitrogens with one attached hydrogen (secondary N) is 2. The molecule has 90 valence electrons. The molecule has 1 fully saturated rings. The normalized spacial score (nSPS) is 23.6. The van der Waals surface area contributed by atoms with Crippen LogP contribution in [0.2, 0.25) is 0 Å². The molecule has 1 aliphatic carbocycles. The van der Waals surface area contributed by atoms with Crippen molar-refractivity contribution in [3.8, 4) is 0 Å². The number of rotatable bonds is 3. The van der Waals surface area contributed by atoms with Crippen LogP contribution in [-0.2, 0) is 0 Å². The number of H-pyrrole nitrogens is 1. The Bertz CT molecular complexity index is 519. The minimum absolute atomic E-state index is 0.523. The number of thiol groups is 1. The fraction of sp³-hybridized carbons (Fsp3) is 0.455. The number of aromatic amines is 1. The van der Waals surface area contributed by atoms with E-state index < -0.39 is 0 Å². The Balaban J connectivity index is 1.86. The van der Waals surface area contributed by atoms with Crippen molar-refractivity contribution in [1.82, 2.24) is 19.7 Å². The number of aromatic nitrogens is 3. The van der Waals surface area contributed by atoms with Crippen molar-refractivity contribution in [3.05, 3.63) is 18.6 Å². The SMILES string of the molecule is CN(c1ncnc2[nH]ccc12)C1CC(NS)C1. The zero-order valence-electron chi connectivity index (χ0n) is 9.59. The molecule has 2 aromatic rings. The van der Waals surface area contributed by atoms with Crippen LogP contribution >= 0.6 is 12.8 Å². The summed E-state index contributed by atoms with van der Waals surface area (Å²) < 4.78 is 3.00. The first-order valence-electron chi connectivity index (χ1n) is 5.70. The molecule has 2 aromatic heterocycles. The first kappa shape index (κ1) is 10.9. The first-order valence-corrected chi connectivity index (χ1v) is 6.15. The van der Waals surface area contributed by atoms with Gasteiger partial charge in [-0.15, -0.1) is 0 Å². The van der Waals surface area contributed by atoms with Gasteiger partial charge in [0.1, 0.15) is 17.8 Å². The molecule has 0 atom stereocenters. The van der Waals surface area contributed by atoms with E-state index in [0.29, 0.717) is 12.1 Å². The molecule has 0 radical (unpaired) electrons. The molecule has 0 aliphatic heterocycles. The minimum atomic E-state index is 0.523. The van der Waals surface area contributed by atoms with Gasteiger partial charge in [-0.3, -0.25) is 4.72 Å². The second kappa shape index (κ2) is 4.19. The zero-order chi connectivity index (χ0) is 11.8. The van der Waals surface area contributed by atoms with Gasteiger partial charge in [0, 0.05) is 25.3 Å². The summed E-state index contributed by atoms with van der Waals surface area (Å²) in [6.07, 6.45) is 5.72. The van der Waals surface area contributed by atoms with Crippen LogP contribution < -0.4 is 9.62 Å². The molecule has 3 rings (SSSR count). The van der Waals surface area contributed by atoms with Gasteiger partial charge in [0.2, 0.25) is 0 Å². The molecule has 0 bridgehead atoms. The largest absolute Gasteiger partial charge is 0.356 e. The predicted molar refractivity (Wildman–Crippen MR) is 71.2 cm³/mol. The third-order valence-corrected chi connectivity index (χ3v) is 3.88. The van der Waals surface area contributed by atoms with E-state index in [1.165, 1.54) is 0 Å². The summed E-state index contributed by atoms with van der Waals surface area (Å²) in [7, 11) is 2.09. The van der Waals surface area contributed by atoms with Crippen LogP contribution in [0.5, 0.6) is 0 Å². The van der Waals surface area contributed by atoms with Crippen molar-refractivity contribution in [2.45, 2.75) is 24.9 Å². The fourth-order valence-electron chi connectivity index (χ4n) is 2.32. The average molecular weight is 249 g/mol. The number of anilines is 1. The molecule has 6 heteroatoms. The van der Waals surface area contributed by atoms with E-state index in [1.807, 2.05) is 12.3 Å². The van der Waals surface area contributed by atoms with Gasteiger partial charge in [0.05, 0.1) is 5.39 Å². The third-order valence-electron chi connectivity index (χ3n) is 3.51. The molecular weight excluding hydrogens is 234 g/mol. The van der Waals surface area contributed by atoms with Crippen LogP contribution in [0.1, 0.15) is 12.8 Å². The molecular formula is C11H15N5S. The van der Waals surface area contributed by atoms with Crippen LogP contribution in [0.15, 0.2) is 18.6 Å². The number of hydrogen-bond donors (Lipinski definition) is 3. The number of hydrogen-bond acceptors (Lipinski definition) is 5. The standard InChI is InChI=1S/C11H15N5S/c1-16(8-4-7(5-8)15-17)11-9-2-3-12-10(9)13-6-14-11/h2-3,6-8,15,17H,4-5H2,1H3,(H,12,13,14). The summed E-state index contributed by atoms with van der Waals surface area (Å²) in [6, 6.07) is 3.08. The zero-order valence-corrected chi connectivity index (χ0v) is 10.5. The highest BCUT2D eigenvalue weighted by atomic mass is 32.1. The summed E-state index contributed by atoms with van der Waals surface area (Å²) in [5.41, 5.74) is 0.894. The second-order valence-electron chi connectivity index (χ2n) is 4.50. The lowest BCUT2D eigenvalue weighted by molar-refractivity contribution is 0.323. The maximum atomic E-state index is 4.39. The van der Waals surface area contributed by atoms with Gasteiger partial charge in [-0.2, -0.15) is 0 Å². The van der Waals surface area contributed by atoms with Gasteiger partial charge in [0.25, 0.3) is 0 Å². The second-order valence-corrected chi connectivity index (χ2v) is 4.76. The van der Waals surface area contributed by atoms with Crippen LogP contribution in [-0.4, -0.2) is 34.1 Å².